The number of aromatic nitrogens is 1. The van der Waals surface area contributed by atoms with Gasteiger partial charge in [0.05, 0.1) is 5.52 Å². The maximum absolute atomic E-state index is 13.1. The van der Waals surface area contributed by atoms with Gasteiger partial charge in [-0.3, -0.25) is 0 Å². The van der Waals surface area contributed by atoms with Gasteiger partial charge in [-0.25, -0.2) is 4.98 Å². The highest BCUT2D eigenvalue weighted by atomic mass is 19.4. The molecule has 1 heterocycles. The number of nitrogens with zero attached hydrogens (tertiary/aromatic N) is 2. The molecule has 3 nitrogen and oxygen atoms in total. The molecule has 0 saturated heterocycles. The van der Waals surface area contributed by atoms with Gasteiger partial charge in [0.1, 0.15) is 5.69 Å². The second-order valence-electron chi connectivity index (χ2n) is 6.57. The number of pyridine rings is 1. The SMILES string of the molecule is CN(CCCNc1cc(C(F)(F)F)nc2ccccc12)Cc1ccccc1. The van der Waals surface area contributed by atoms with E-state index in [9.17, 15) is 13.2 Å². The number of anilines is 1. The number of fused-ring (bicyclic) bond motifs is 1. The molecule has 0 unspecified atom stereocenters. The molecule has 0 atom stereocenters. The van der Waals surface area contributed by atoms with Crippen molar-refractivity contribution in [2.75, 3.05) is 25.5 Å². The first-order valence-electron chi connectivity index (χ1n) is 8.87. The molecule has 0 aliphatic carbocycles. The summed E-state index contributed by atoms with van der Waals surface area (Å²) in [7, 11) is 2.04. The molecule has 142 valence electrons. The van der Waals surface area contributed by atoms with Crippen LogP contribution in [0.5, 0.6) is 0 Å². The second-order valence-corrected chi connectivity index (χ2v) is 6.57. The van der Waals surface area contributed by atoms with Gasteiger partial charge in [0.2, 0.25) is 0 Å². The molecule has 1 aromatic heterocycles. The van der Waals surface area contributed by atoms with Crippen molar-refractivity contribution >= 4 is 16.6 Å². The highest BCUT2D eigenvalue weighted by molar-refractivity contribution is 5.91. The lowest BCUT2D eigenvalue weighted by Crippen LogP contribution is -2.21. The summed E-state index contributed by atoms with van der Waals surface area (Å²) in [4.78, 5) is 5.93. The van der Waals surface area contributed by atoms with Gasteiger partial charge in [0, 0.05) is 24.2 Å². The van der Waals surface area contributed by atoms with E-state index in [1.165, 1.54) is 5.56 Å². The van der Waals surface area contributed by atoms with Crippen LogP contribution < -0.4 is 5.32 Å². The van der Waals surface area contributed by atoms with E-state index in [2.05, 4.69) is 27.3 Å². The monoisotopic (exact) mass is 373 g/mol. The number of hydrogen-bond donors (Lipinski definition) is 1. The zero-order valence-electron chi connectivity index (χ0n) is 15.1. The van der Waals surface area contributed by atoms with Gasteiger partial charge in [-0.15, -0.1) is 0 Å². The van der Waals surface area contributed by atoms with Crippen LogP contribution in [0.3, 0.4) is 0 Å². The zero-order chi connectivity index (χ0) is 19.3. The predicted molar refractivity (Wildman–Crippen MR) is 103 cm³/mol. The largest absolute Gasteiger partial charge is 0.433 e. The number of benzene rings is 2. The number of rotatable bonds is 7. The number of alkyl halides is 3. The summed E-state index contributed by atoms with van der Waals surface area (Å²) in [6.45, 7) is 2.28. The number of nitrogens with one attached hydrogen (secondary N) is 1. The fraction of sp³-hybridized carbons (Fsp3) is 0.286. The summed E-state index contributed by atoms with van der Waals surface area (Å²) in [5.74, 6) is 0. The number of para-hydroxylation sites is 1. The van der Waals surface area contributed by atoms with Crippen LogP contribution in [0.25, 0.3) is 10.9 Å². The van der Waals surface area contributed by atoms with Crippen LogP contribution in [0.15, 0.2) is 60.7 Å². The molecule has 6 heteroatoms. The minimum Gasteiger partial charge on any atom is -0.384 e. The molecule has 0 bridgehead atoms. The molecule has 27 heavy (non-hydrogen) atoms. The minimum absolute atomic E-state index is 0.344. The lowest BCUT2D eigenvalue weighted by molar-refractivity contribution is -0.140. The van der Waals surface area contributed by atoms with E-state index in [4.69, 9.17) is 0 Å². The van der Waals surface area contributed by atoms with Crippen molar-refractivity contribution in [3.05, 3.63) is 71.9 Å². The standard InChI is InChI=1S/C21H22F3N3/c1-27(15-16-8-3-2-4-9-16)13-7-12-25-19-14-20(21(22,23)24)26-18-11-6-5-10-17(18)19/h2-6,8-11,14H,7,12-13,15H2,1H3,(H,25,26). The number of hydrogen-bond acceptors (Lipinski definition) is 3. The molecule has 1 N–H and O–H groups in total. The van der Waals surface area contributed by atoms with E-state index in [0.717, 1.165) is 25.6 Å². The molecular weight excluding hydrogens is 351 g/mol. The van der Waals surface area contributed by atoms with Crippen LogP contribution in [-0.4, -0.2) is 30.0 Å². The third-order valence-corrected chi connectivity index (χ3v) is 4.33. The number of halogens is 3. The summed E-state index contributed by atoms with van der Waals surface area (Å²) in [5, 5.41) is 3.85. The first-order chi connectivity index (χ1) is 12.9. The molecule has 0 aliphatic rings. The predicted octanol–water partition coefficient (Wildman–Crippen LogP) is 5.19. The molecule has 2 aromatic carbocycles. The Morgan fingerprint density at radius 2 is 1.70 bits per heavy atom. The van der Waals surface area contributed by atoms with Gasteiger partial charge in [-0.1, -0.05) is 48.5 Å². The Kier molecular flexibility index (Phi) is 5.96. The van der Waals surface area contributed by atoms with E-state index in [-0.39, 0.29) is 0 Å². The zero-order valence-corrected chi connectivity index (χ0v) is 15.1. The Bertz CT molecular complexity index is 879. The molecule has 3 aromatic rings. The van der Waals surface area contributed by atoms with E-state index in [0.29, 0.717) is 23.1 Å². The quantitative estimate of drug-likeness (QED) is 0.578. The lowest BCUT2D eigenvalue weighted by atomic mass is 10.1. The summed E-state index contributed by atoms with van der Waals surface area (Å²) in [6.07, 6.45) is -3.64. The smallest absolute Gasteiger partial charge is 0.384 e. The van der Waals surface area contributed by atoms with Crippen molar-refractivity contribution in [1.82, 2.24) is 9.88 Å². The van der Waals surface area contributed by atoms with Gasteiger partial charge >= 0.3 is 6.18 Å². The Hall–Kier alpha value is -2.60. The first kappa shape index (κ1) is 19.2. The van der Waals surface area contributed by atoms with Gasteiger partial charge in [-0.2, -0.15) is 13.2 Å². The van der Waals surface area contributed by atoms with E-state index in [1.807, 2.05) is 25.2 Å². The first-order valence-corrected chi connectivity index (χ1v) is 8.87. The van der Waals surface area contributed by atoms with Crippen molar-refractivity contribution in [3.63, 3.8) is 0 Å². The van der Waals surface area contributed by atoms with Crippen LogP contribution in [0.4, 0.5) is 18.9 Å². The van der Waals surface area contributed by atoms with Crippen LogP contribution >= 0.6 is 0 Å². The van der Waals surface area contributed by atoms with Crippen molar-refractivity contribution in [2.45, 2.75) is 19.1 Å². The topological polar surface area (TPSA) is 28.2 Å². The highest BCUT2D eigenvalue weighted by Crippen LogP contribution is 2.32. The molecule has 0 saturated carbocycles. The van der Waals surface area contributed by atoms with E-state index in [1.54, 1.807) is 24.3 Å². The van der Waals surface area contributed by atoms with Crippen molar-refractivity contribution < 1.29 is 13.2 Å². The summed E-state index contributed by atoms with van der Waals surface area (Å²) in [5.41, 5.74) is 1.18. The average molecular weight is 373 g/mol. The summed E-state index contributed by atoms with van der Waals surface area (Å²) >= 11 is 0. The average Bonchev–Trinajstić information content (AvgIpc) is 2.65. The van der Waals surface area contributed by atoms with Crippen molar-refractivity contribution in [1.29, 1.82) is 0 Å². The van der Waals surface area contributed by atoms with Gasteiger partial charge < -0.3 is 10.2 Å². The van der Waals surface area contributed by atoms with Gasteiger partial charge in [0.25, 0.3) is 0 Å². The van der Waals surface area contributed by atoms with Crippen molar-refractivity contribution in [3.8, 4) is 0 Å². The summed E-state index contributed by atoms with van der Waals surface area (Å²) in [6, 6.07) is 18.1. The molecular formula is C21H22F3N3. The van der Waals surface area contributed by atoms with Crippen LogP contribution in [0.1, 0.15) is 17.7 Å². The lowest BCUT2D eigenvalue weighted by Gasteiger charge is -2.18. The molecule has 0 spiro atoms. The Morgan fingerprint density at radius 3 is 2.44 bits per heavy atom. The molecule has 0 radical (unpaired) electrons. The van der Waals surface area contributed by atoms with Gasteiger partial charge in [-0.05, 0) is 37.7 Å². The van der Waals surface area contributed by atoms with E-state index >= 15 is 0 Å². The summed E-state index contributed by atoms with van der Waals surface area (Å²) < 4.78 is 39.3. The molecule has 0 aliphatic heterocycles. The van der Waals surface area contributed by atoms with Crippen molar-refractivity contribution in [2.24, 2.45) is 0 Å². The van der Waals surface area contributed by atoms with Crippen LogP contribution in [-0.2, 0) is 12.7 Å². The highest BCUT2D eigenvalue weighted by Gasteiger charge is 2.33. The Morgan fingerprint density at radius 1 is 1.00 bits per heavy atom. The second kappa shape index (κ2) is 8.39. The third-order valence-electron chi connectivity index (χ3n) is 4.33. The normalized spacial score (nSPS) is 11.9. The van der Waals surface area contributed by atoms with Crippen LogP contribution in [0.2, 0.25) is 0 Å². The third kappa shape index (κ3) is 5.20. The fourth-order valence-corrected chi connectivity index (χ4v) is 3.01. The Labute approximate surface area is 156 Å². The van der Waals surface area contributed by atoms with Gasteiger partial charge in [0.15, 0.2) is 0 Å². The minimum atomic E-state index is -4.46. The molecule has 3 rings (SSSR count). The molecule has 0 fully saturated rings. The maximum Gasteiger partial charge on any atom is 0.433 e. The van der Waals surface area contributed by atoms with E-state index < -0.39 is 11.9 Å². The fourth-order valence-electron chi connectivity index (χ4n) is 3.01. The Balaban J connectivity index is 1.61. The molecule has 0 amide bonds. The maximum atomic E-state index is 13.1. The van der Waals surface area contributed by atoms with Crippen LogP contribution in [0, 0.1) is 0 Å².